The van der Waals surface area contributed by atoms with Gasteiger partial charge in [0.25, 0.3) is 5.91 Å². The minimum Gasteiger partial charge on any atom is -0.348 e. The predicted molar refractivity (Wildman–Crippen MR) is 82.5 cm³/mol. The first kappa shape index (κ1) is 13.4. The van der Waals surface area contributed by atoms with Gasteiger partial charge in [0.05, 0.1) is 5.56 Å². The molecule has 2 bridgehead atoms. The summed E-state index contributed by atoms with van der Waals surface area (Å²) in [5.41, 5.74) is 2.13. The largest absolute Gasteiger partial charge is 0.348 e. The second-order valence-corrected chi connectivity index (χ2v) is 6.41. The molecule has 0 aromatic carbocycles. The number of nitriles is 1. The number of pyridine rings is 1. The van der Waals surface area contributed by atoms with Crippen molar-refractivity contribution in [2.24, 2.45) is 5.92 Å². The molecule has 2 aliphatic heterocycles. The summed E-state index contributed by atoms with van der Waals surface area (Å²) in [6.45, 7) is 3.33. The van der Waals surface area contributed by atoms with E-state index in [1.807, 2.05) is 16.7 Å². The quantitative estimate of drug-likeness (QED) is 0.916. The number of nitrogens with one attached hydrogen (secondary N) is 1. The molecule has 2 aromatic heterocycles. The van der Waals surface area contributed by atoms with Crippen molar-refractivity contribution in [3.8, 4) is 6.07 Å². The normalized spacial score (nSPS) is 26.8. The molecule has 1 unspecified atom stereocenters. The molecule has 4 rings (SSSR count). The van der Waals surface area contributed by atoms with Crippen molar-refractivity contribution in [3.63, 3.8) is 0 Å². The van der Waals surface area contributed by atoms with Gasteiger partial charge in [-0.2, -0.15) is 5.26 Å². The first-order chi connectivity index (χ1) is 10.7. The predicted octanol–water partition coefficient (Wildman–Crippen LogP) is 1.63. The number of rotatable bonds is 2. The first-order valence-electron chi connectivity index (χ1n) is 7.76. The standard InChI is InChI=1S/C17H18N4O/c18-8-13-6-16-7-14(2-4-21(16)10-13)17(22)19-15-5-12-1-3-20(9-12)11-15/h2,4,6-7,10,12,15H,1,3,5,9,11H2,(H,19,22)/t12-,15+/m0/s1. The van der Waals surface area contributed by atoms with E-state index in [4.69, 9.17) is 5.26 Å². The second-order valence-electron chi connectivity index (χ2n) is 6.41. The molecular formula is C17H18N4O. The molecule has 5 nitrogen and oxygen atoms in total. The molecule has 2 fully saturated rings. The van der Waals surface area contributed by atoms with Crippen LogP contribution in [0.2, 0.25) is 0 Å². The monoisotopic (exact) mass is 294 g/mol. The fraction of sp³-hybridized carbons (Fsp3) is 0.412. The zero-order valence-electron chi connectivity index (χ0n) is 12.3. The minimum absolute atomic E-state index is 0.0188. The SMILES string of the molecule is N#Cc1cc2cc(C(=O)N[C@@H]3C[C@@H]4CCN(C4)C3)ccn2c1. The number of carbonyl (C=O) groups excluding carboxylic acids is 1. The van der Waals surface area contributed by atoms with Gasteiger partial charge < -0.3 is 14.6 Å². The number of hydrogen-bond acceptors (Lipinski definition) is 3. The molecule has 22 heavy (non-hydrogen) atoms. The fourth-order valence-corrected chi connectivity index (χ4v) is 3.74. The van der Waals surface area contributed by atoms with Gasteiger partial charge in [0, 0.05) is 42.6 Å². The van der Waals surface area contributed by atoms with Crippen molar-refractivity contribution < 1.29 is 4.79 Å². The van der Waals surface area contributed by atoms with Crippen LogP contribution in [0.3, 0.4) is 0 Å². The van der Waals surface area contributed by atoms with Crippen molar-refractivity contribution >= 4 is 11.4 Å². The molecule has 3 atom stereocenters. The highest BCUT2D eigenvalue weighted by Gasteiger charge is 2.32. The third-order valence-corrected chi connectivity index (χ3v) is 4.79. The highest BCUT2D eigenvalue weighted by molar-refractivity contribution is 5.95. The lowest BCUT2D eigenvalue weighted by Gasteiger charge is -2.30. The molecule has 1 N–H and O–H groups in total. The number of carbonyl (C=O) groups is 1. The van der Waals surface area contributed by atoms with Crippen LogP contribution in [-0.4, -0.2) is 40.9 Å². The van der Waals surface area contributed by atoms with E-state index in [0.29, 0.717) is 11.1 Å². The van der Waals surface area contributed by atoms with Crippen molar-refractivity contribution in [2.45, 2.75) is 18.9 Å². The van der Waals surface area contributed by atoms with Gasteiger partial charge >= 0.3 is 0 Å². The van der Waals surface area contributed by atoms with Crippen LogP contribution in [0.1, 0.15) is 28.8 Å². The Hall–Kier alpha value is -2.32. The van der Waals surface area contributed by atoms with Gasteiger partial charge in [-0.15, -0.1) is 0 Å². The number of nitrogens with zero attached hydrogens (tertiary/aromatic N) is 3. The van der Waals surface area contributed by atoms with Crippen molar-refractivity contribution in [3.05, 3.63) is 41.7 Å². The first-order valence-corrected chi connectivity index (χ1v) is 7.76. The van der Waals surface area contributed by atoms with Gasteiger partial charge in [-0.1, -0.05) is 0 Å². The van der Waals surface area contributed by atoms with E-state index in [9.17, 15) is 4.79 Å². The molecule has 5 heteroatoms. The zero-order valence-corrected chi connectivity index (χ0v) is 12.3. The Bertz CT molecular complexity index is 761. The average Bonchev–Trinajstić information content (AvgIpc) is 3.09. The third kappa shape index (κ3) is 2.36. The maximum atomic E-state index is 12.5. The molecule has 0 radical (unpaired) electrons. The van der Waals surface area contributed by atoms with E-state index in [2.05, 4.69) is 16.3 Å². The van der Waals surface area contributed by atoms with Gasteiger partial charge in [0.15, 0.2) is 0 Å². The van der Waals surface area contributed by atoms with Gasteiger partial charge in [-0.25, -0.2) is 0 Å². The number of hydrogen-bond donors (Lipinski definition) is 1. The summed E-state index contributed by atoms with van der Waals surface area (Å²) in [6.07, 6.45) is 5.95. The van der Waals surface area contributed by atoms with Gasteiger partial charge in [-0.05, 0) is 43.5 Å². The Labute approximate surface area is 129 Å². The Morgan fingerprint density at radius 3 is 3.09 bits per heavy atom. The highest BCUT2D eigenvalue weighted by Crippen LogP contribution is 2.26. The fourth-order valence-electron chi connectivity index (χ4n) is 3.74. The van der Waals surface area contributed by atoms with Gasteiger partial charge in [0.2, 0.25) is 0 Å². The lowest BCUT2D eigenvalue weighted by atomic mass is 9.96. The lowest BCUT2D eigenvalue weighted by Crippen LogP contribution is -2.47. The van der Waals surface area contributed by atoms with Crippen LogP contribution in [0.5, 0.6) is 0 Å². The van der Waals surface area contributed by atoms with Crippen LogP contribution in [0, 0.1) is 17.2 Å². The van der Waals surface area contributed by atoms with Crippen LogP contribution in [-0.2, 0) is 0 Å². The van der Waals surface area contributed by atoms with Gasteiger partial charge in [0.1, 0.15) is 6.07 Å². The van der Waals surface area contributed by atoms with Crippen LogP contribution in [0.25, 0.3) is 5.52 Å². The average molecular weight is 294 g/mol. The molecular weight excluding hydrogens is 276 g/mol. The summed E-state index contributed by atoms with van der Waals surface area (Å²) in [4.78, 5) is 14.9. The molecule has 4 heterocycles. The maximum absolute atomic E-state index is 12.5. The molecule has 2 aromatic rings. The van der Waals surface area contributed by atoms with E-state index in [-0.39, 0.29) is 11.9 Å². The molecule has 2 aliphatic rings. The number of aromatic nitrogens is 1. The Morgan fingerprint density at radius 2 is 2.27 bits per heavy atom. The van der Waals surface area contributed by atoms with Crippen molar-refractivity contribution in [1.29, 1.82) is 5.26 Å². The zero-order chi connectivity index (χ0) is 15.1. The van der Waals surface area contributed by atoms with E-state index in [0.717, 1.165) is 24.4 Å². The second kappa shape index (κ2) is 5.15. The molecule has 0 aliphatic carbocycles. The number of piperidine rings is 1. The van der Waals surface area contributed by atoms with Crippen molar-refractivity contribution in [2.75, 3.05) is 19.6 Å². The van der Waals surface area contributed by atoms with Gasteiger partial charge in [-0.3, -0.25) is 4.79 Å². The van der Waals surface area contributed by atoms with Crippen LogP contribution in [0.15, 0.2) is 30.6 Å². The van der Waals surface area contributed by atoms with Crippen molar-refractivity contribution in [1.82, 2.24) is 14.6 Å². The molecule has 0 saturated carbocycles. The van der Waals surface area contributed by atoms with Crippen LogP contribution >= 0.6 is 0 Å². The smallest absolute Gasteiger partial charge is 0.251 e. The van der Waals surface area contributed by atoms with Crippen LogP contribution < -0.4 is 5.32 Å². The summed E-state index contributed by atoms with van der Waals surface area (Å²) in [6, 6.07) is 7.82. The maximum Gasteiger partial charge on any atom is 0.251 e. The summed E-state index contributed by atoms with van der Waals surface area (Å²) in [7, 11) is 0. The summed E-state index contributed by atoms with van der Waals surface area (Å²) >= 11 is 0. The topological polar surface area (TPSA) is 60.5 Å². The van der Waals surface area contributed by atoms with E-state index < -0.39 is 0 Å². The molecule has 2 saturated heterocycles. The minimum atomic E-state index is -0.0188. The Morgan fingerprint density at radius 1 is 1.36 bits per heavy atom. The molecule has 0 spiro atoms. The summed E-state index contributed by atoms with van der Waals surface area (Å²) in [5, 5.41) is 12.1. The number of fused-ring (bicyclic) bond motifs is 3. The molecule has 1 amide bonds. The summed E-state index contributed by atoms with van der Waals surface area (Å²) < 4.78 is 1.86. The van der Waals surface area contributed by atoms with E-state index in [1.54, 1.807) is 18.3 Å². The summed E-state index contributed by atoms with van der Waals surface area (Å²) in [5.74, 6) is 0.722. The van der Waals surface area contributed by atoms with Crippen LogP contribution in [0.4, 0.5) is 0 Å². The van der Waals surface area contributed by atoms with E-state index in [1.165, 1.54) is 19.5 Å². The Kier molecular flexibility index (Phi) is 3.12. The molecule has 112 valence electrons. The highest BCUT2D eigenvalue weighted by atomic mass is 16.1. The Balaban J connectivity index is 1.51. The van der Waals surface area contributed by atoms with E-state index >= 15 is 0 Å². The lowest BCUT2D eigenvalue weighted by molar-refractivity contribution is 0.0909. The number of amides is 1. The third-order valence-electron chi connectivity index (χ3n) is 4.79.